The maximum atomic E-state index is 11.5. The van der Waals surface area contributed by atoms with Crippen LogP contribution in [0.1, 0.15) is 40.0 Å². The van der Waals surface area contributed by atoms with Gasteiger partial charge in [0.1, 0.15) is 11.9 Å². The van der Waals surface area contributed by atoms with Gasteiger partial charge in [-0.2, -0.15) is 0 Å². The molecule has 0 aromatic carbocycles. The number of methoxy groups -OCH3 is 1. The predicted molar refractivity (Wildman–Crippen MR) is 61.3 cm³/mol. The number of hydrogen-bond donors (Lipinski definition) is 0. The Labute approximate surface area is 101 Å². The summed E-state index contributed by atoms with van der Waals surface area (Å²) in [4.78, 5) is 33.2. The van der Waals surface area contributed by atoms with Crippen LogP contribution in [0.5, 0.6) is 0 Å². The summed E-state index contributed by atoms with van der Waals surface area (Å²) in [5, 5.41) is 0. The monoisotopic (exact) mass is 244 g/mol. The van der Waals surface area contributed by atoms with E-state index in [2.05, 4.69) is 4.74 Å². The lowest BCUT2D eigenvalue weighted by Crippen LogP contribution is -2.27. The number of rotatable bonds is 6. The molecule has 0 N–H and O–H groups in total. The van der Waals surface area contributed by atoms with E-state index >= 15 is 0 Å². The maximum absolute atomic E-state index is 11.5. The second-order valence-electron chi connectivity index (χ2n) is 4.75. The van der Waals surface area contributed by atoms with Crippen molar-refractivity contribution in [2.24, 2.45) is 5.92 Å². The molecule has 0 saturated heterocycles. The second-order valence-corrected chi connectivity index (χ2v) is 4.75. The summed E-state index contributed by atoms with van der Waals surface area (Å²) in [5.74, 6) is -1.56. The zero-order chi connectivity index (χ0) is 13.5. The van der Waals surface area contributed by atoms with Gasteiger partial charge in [-0.1, -0.05) is 0 Å². The van der Waals surface area contributed by atoms with E-state index in [1.165, 1.54) is 7.11 Å². The first kappa shape index (κ1) is 15.6. The highest BCUT2D eigenvalue weighted by Gasteiger charge is 2.25. The van der Waals surface area contributed by atoms with Crippen LogP contribution in [0.3, 0.4) is 0 Å². The Bertz CT molecular complexity index is 277. The van der Waals surface area contributed by atoms with E-state index in [9.17, 15) is 14.4 Å². The van der Waals surface area contributed by atoms with Crippen LogP contribution >= 0.6 is 0 Å². The Morgan fingerprint density at radius 3 is 2.29 bits per heavy atom. The van der Waals surface area contributed by atoms with Crippen molar-refractivity contribution in [1.29, 1.82) is 0 Å². The Balaban J connectivity index is 4.37. The first-order valence-electron chi connectivity index (χ1n) is 5.53. The highest BCUT2D eigenvalue weighted by molar-refractivity contribution is 5.80. The van der Waals surface area contributed by atoms with Crippen molar-refractivity contribution in [2.45, 2.75) is 45.6 Å². The lowest BCUT2D eigenvalue weighted by atomic mass is 10.00. The van der Waals surface area contributed by atoms with Crippen molar-refractivity contribution in [3.05, 3.63) is 0 Å². The molecule has 98 valence electrons. The van der Waals surface area contributed by atoms with E-state index in [1.54, 1.807) is 20.8 Å². The summed E-state index contributed by atoms with van der Waals surface area (Å²) in [6, 6.07) is 0. The van der Waals surface area contributed by atoms with Crippen LogP contribution < -0.4 is 0 Å². The fourth-order valence-corrected chi connectivity index (χ4v) is 1.32. The number of hydrogen-bond acceptors (Lipinski definition) is 5. The van der Waals surface area contributed by atoms with Gasteiger partial charge in [-0.25, -0.2) is 0 Å². The van der Waals surface area contributed by atoms with E-state index in [0.717, 1.165) is 0 Å². The highest BCUT2D eigenvalue weighted by Crippen LogP contribution is 2.16. The van der Waals surface area contributed by atoms with E-state index in [4.69, 9.17) is 4.74 Å². The summed E-state index contributed by atoms with van der Waals surface area (Å²) < 4.78 is 9.69. The molecule has 5 heteroatoms. The topological polar surface area (TPSA) is 69.7 Å². The molecule has 17 heavy (non-hydrogen) atoms. The standard InChI is InChI=1S/C12H20O5/c1-12(2,3)17-10(14)8-9(6-5-7-13)11(15)16-4/h7,9H,5-6,8H2,1-4H3/t9-/m1/s1. The molecule has 0 unspecified atom stereocenters. The minimum absolute atomic E-state index is 0.0578. The van der Waals surface area contributed by atoms with Crippen LogP contribution in [-0.2, 0) is 23.9 Å². The molecule has 0 heterocycles. The third-order valence-corrected chi connectivity index (χ3v) is 2.00. The first-order valence-corrected chi connectivity index (χ1v) is 5.53. The van der Waals surface area contributed by atoms with Gasteiger partial charge in [-0.15, -0.1) is 0 Å². The smallest absolute Gasteiger partial charge is 0.309 e. The molecular weight excluding hydrogens is 224 g/mol. The Kier molecular flexibility index (Phi) is 6.46. The van der Waals surface area contributed by atoms with Crippen molar-refractivity contribution in [3.8, 4) is 0 Å². The van der Waals surface area contributed by atoms with Gasteiger partial charge >= 0.3 is 11.9 Å². The van der Waals surface area contributed by atoms with Crippen LogP contribution in [0.25, 0.3) is 0 Å². The van der Waals surface area contributed by atoms with Crippen LogP contribution in [0.2, 0.25) is 0 Å². The van der Waals surface area contributed by atoms with Gasteiger partial charge in [0.05, 0.1) is 19.4 Å². The summed E-state index contributed by atoms with van der Waals surface area (Å²) in [5.41, 5.74) is -0.581. The Morgan fingerprint density at radius 1 is 1.29 bits per heavy atom. The maximum Gasteiger partial charge on any atom is 0.309 e. The van der Waals surface area contributed by atoms with Crippen LogP contribution in [0.15, 0.2) is 0 Å². The summed E-state index contributed by atoms with van der Waals surface area (Å²) in [7, 11) is 1.26. The molecule has 0 radical (unpaired) electrons. The van der Waals surface area contributed by atoms with Crippen LogP contribution in [0.4, 0.5) is 0 Å². The summed E-state index contributed by atoms with van der Waals surface area (Å²) in [6.07, 6.45) is 1.18. The van der Waals surface area contributed by atoms with E-state index in [-0.39, 0.29) is 12.8 Å². The van der Waals surface area contributed by atoms with Gasteiger partial charge in [0.15, 0.2) is 0 Å². The molecule has 0 amide bonds. The minimum atomic E-state index is -0.611. The molecule has 0 saturated carbocycles. The largest absolute Gasteiger partial charge is 0.469 e. The summed E-state index contributed by atoms with van der Waals surface area (Å²) in [6.45, 7) is 5.26. The highest BCUT2D eigenvalue weighted by atomic mass is 16.6. The number of carbonyl (C=O) groups excluding carboxylic acids is 3. The third-order valence-electron chi connectivity index (χ3n) is 2.00. The average Bonchev–Trinajstić information content (AvgIpc) is 2.20. The van der Waals surface area contributed by atoms with Crippen molar-refractivity contribution < 1.29 is 23.9 Å². The van der Waals surface area contributed by atoms with E-state index in [1.807, 2.05) is 0 Å². The first-order chi connectivity index (χ1) is 7.80. The molecule has 0 bridgehead atoms. The predicted octanol–water partition coefficient (Wildman–Crippen LogP) is 1.49. The number of ether oxygens (including phenoxy) is 2. The zero-order valence-electron chi connectivity index (χ0n) is 10.8. The summed E-state index contributed by atoms with van der Waals surface area (Å²) >= 11 is 0. The number of esters is 2. The second kappa shape index (κ2) is 7.04. The fourth-order valence-electron chi connectivity index (χ4n) is 1.32. The molecule has 0 fully saturated rings. The van der Waals surface area contributed by atoms with Gasteiger partial charge in [-0.3, -0.25) is 9.59 Å². The Morgan fingerprint density at radius 2 is 1.88 bits per heavy atom. The molecule has 0 aliphatic rings. The molecule has 5 nitrogen and oxygen atoms in total. The Hall–Kier alpha value is -1.39. The van der Waals surface area contributed by atoms with Crippen molar-refractivity contribution in [2.75, 3.05) is 7.11 Å². The molecule has 0 rings (SSSR count). The average molecular weight is 244 g/mol. The minimum Gasteiger partial charge on any atom is -0.469 e. The number of aldehydes is 1. The van der Waals surface area contributed by atoms with Crippen LogP contribution in [-0.4, -0.2) is 30.9 Å². The molecule has 0 aliphatic heterocycles. The fraction of sp³-hybridized carbons (Fsp3) is 0.750. The molecule has 1 atom stereocenters. The quantitative estimate of drug-likeness (QED) is 0.523. The molecule has 0 aromatic rings. The van der Waals surface area contributed by atoms with Crippen molar-refractivity contribution in [3.63, 3.8) is 0 Å². The van der Waals surface area contributed by atoms with E-state index in [0.29, 0.717) is 12.7 Å². The SMILES string of the molecule is COC(=O)[C@H](CCC=O)CC(=O)OC(C)(C)C. The van der Waals surface area contributed by atoms with Crippen molar-refractivity contribution >= 4 is 18.2 Å². The normalized spacial score (nSPS) is 12.7. The van der Waals surface area contributed by atoms with E-state index < -0.39 is 23.5 Å². The lowest BCUT2D eigenvalue weighted by molar-refractivity contribution is -0.160. The van der Waals surface area contributed by atoms with Crippen LogP contribution in [0, 0.1) is 5.92 Å². The third kappa shape index (κ3) is 7.49. The molecule has 0 aliphatic carbocycles. The zero-order valence-corrected chi connectivity index (χ0v) is 10.8. The molecule has 0 spiro atoms. The van der Waals surface area contributed by atoms with Gasteiger partial charge in [-0.05, 0) is 27.2 Å². The molecule has 0 aromatic heterocycles. The van der Waals surface area contributed by atoms with Gasteiger partial charge in [0, 0.05) is 6.42 Å². The van der Waals surface area contributed by atoms with Gasteiger partial charge in [0.2, 0.25) is 0 Å². The van der Waals surface area contributed by atoms with Gasteiger partial charge < -0.3 is 14.3 Å². The lowest BCUT2D eigenvalue weighted by Gasteiger charge is -2.21. The number of carbonyl (C=O) groups is 3. The van der Waals surface area contributed by atoms with Crippen molar-refractivity contribution in [1.82, 2.24) is 0 Å². The molecular formula is C12H20O5. The van der Waals surface area contributed by atoms with Gasteiger partial charge in [0.25, 0.3) is 0 Å².